The van der Waals surface area contributed by atoms with E-state index >= 15 is 0 Å². The molecule has 1 aliphatic heterocycles. The zero-order chi connectivity index (χ0) is 27.2. The van der Waals surface area contributed by atoms with Crippen molar-refractivity contribution in [3.05, 3.63) is 76.9 Å². The van der Waals surface area contributed by atoms with Gasteiger partial charge < -0.3 is 15.3 Å². The second-order valence-corrected chi connectivity index (χ2v) is 11.1. The molecule has 1 saturated carbocycles. The van der Waals surface area contributed by atoms with Gasteiger partial charge in [0.2, 0.25) is 5.95 Å². The number of benzene rings is 1. The number of pyridine rings is 1. The molecule has 10 nitrogen and oxygen atoms in total. The van der Waals surface area contributed by atoms with Gasteiger partial charge in [-0.15, -0.1) is 6.58 Å². The molecule has 40 heavy (non-hydrogen) atoms. The molecule has 0 radical (unpaired) electrons. The maximum atomic E-state index is 13.3. The lowest BCUT2D eigenvalue weighted by Gasteiger charge is -2.36. The number of hydrogen-bond acceptors (Lipinski definition) is 8. The monoisotopic (exact) mass is 538 g/mol. The van der Waals surface area contributed by atoms with Gasteiger partial charge in [-0.05, 0) is 67.5 Å². The number of rotatable bonds is 8. The number of aromatic nitrogens is 5. The van der Waals surface area contributed by atoms with Crippen LogP contribution in [0.4, 0.5) is 17.3 Å². The summed E-state index contributed by atoms with van der Waals surface area (Å²) in [7, 11) is 0. The van der Waals surface area contributed by atoms with Gasteiger partial charge in [-0.1, -0.05) is 12.1 Å². The number of hydrogen-bond donors (Lipinski definition) is 2. The summed E-state index contributed by atoms with van der Waals surface area (Å²) in [6.45, 7) is 9.70. The molecule has 1 atom stereocenters. The van der Waals surface area contributed by atoms with Crippen molar-refractivity contribution in [1.29, 1.82) is 0 Å². The van der Waals surface area contributed by atoms with Crippen LogP contribution in [0.1, 0.15) is 36.6 Å². The Hall–Kier alpha value is -4.02. The van der Waals surface area contributed by atoms with Gasteiger partial charge in [0.1, 0.15) is 5.39 Å². The molecule has 2 N–H and O–H groups in total. The Bertz CT molecular complexity index is 1610. The number of piperazine rings is 1. The number of fused-ring (bicyclic) bond motifs is 2. The normalized spacial score (nSPS) is 19.2. The standard InChI is InChI=1S/C30H34N8O2/c1-2-13-37-29(40)24-18-31-30(34-28(24)38(37)26-12-6-21-5-11-25(39)27(21)33-26)32-22-7-9-23(10-8-22)36-16-14-35(15-17-36)19-20-3-4-20/h2,6-10,12,18,20,25,39H,1,3-5,11,13-17,19H2,(H,31,32,34). The molecular weight excluding hydrogens is 504 g/mol. The van der Waals surface area contributed by atoms with E-state index in [0.717, 1.165) is 49.8 Å². The van der Waals surface area contributed by atoms with Gasteiger partial charge in [0, 0.05) is 50.3 Å². The minimum absolute atomic E-state index is 0.217. The second-order valence-electron chi connectivity index (χ2n) is 11.1. The number of nitrogens with zero attached hydrogens (tertiary/aromatic N) is 7. The van der Waals surface area contributed by atoms with Crippen molar-refractivity contribution in [2.75, 3.05) is 42.9 Å². The van der Waals surface area contributed by atoms with Crippen LogP contribution in [0.25, 0.3) is 16.9 Å². The number of aryl methyl sites for hydroxylation is 1. The van der Waals surface area contributed by atoms with E-state index in [2.05, 4.69) is 38.8 Å². The van der Waals surface area contributed by atoms with E-state index in [1.54, 1.807) is 21.6 Å². The van der Waals surface area contributed by atoms with Crippen molar-refractivity contribution in [2.45, 2.75) is 38.3 Å². The lowest BCUT2D eigenvalue weighted by atomic mass is 10.2. The largest absolute Gasteiger partial charge is 0.387 e. The van der Waals surface area contributed by atoms with Crippen LogP contribution in [0, 0.1) is 5.92 Å². The van der Waals surface area contributed by atoms with Crippen molar-refractivity contribution in [1.82, 2.24) is 29.2 Å². The SMILES string of the molecule is C=CCn1c(=O)c2cnc(Nc3ccc(N4CCN(CC5CC5)CC4)cc3)nc2n1-c1ccc2c(n1)C(O)CC2. The van der Waals surface area contributed by atoms with E-state index in [1.165, 1.54) is 25.1 Å². The molecule has 0 amide bonds. The highest BCUT2D eigenvalue weighted by molar-refractivity contribution is 5.77. The molecule has 10 heteroatoms. The molecule has 2 fully saturated rings. The van der Waals surface area contributed by atoms with E-state index in [4.69, 9.17) is 9.97 Å². The smallest absolute Gasteiger partial charge is 0.278 e. The highest BCUT2D eigenvalue weighted by Crippen LogP contribution is 2.31. The Morgan fingerprint density at radius 3 is 2.58 bits per heavy atom. The number of anilines is 3. The number of aliphatic hydroxyl groups is 1. The summed E-state index contributed by atoms with van der Waals surface area (Å²) in [4.78, 5) is 32.2. The fourth-order valence-electron chi connectivity index (χ4n) is 5.89. The fourth-order valence-corrected chi connectivity index (χ4v) is 5.89. The summed E-state index contributed by atoms with van der Waals surface area (Å²) < 4.78 is 3.24. The summed E-state index contributed by atoms with van der Waals surface area (Å²) in [5.74, 6) is 1.85. The van der Waals surface area contributed by atoms with Crippen molar-refractivity contribution < 1.29 is 5.11 Å². The quantitative estimate of drug-likeness (QED) is 0.329. The molecule has 1 unspecified atom stereocenters. The zero-order valence-electron chi connectivity index (χ0n) is 22.5. The van der Waals surface area contributed by atoms with E-state index in [9.17, 15) is 9.90 Å². The third-order valence-corrected chi connectivity index (χ3v) is 8.27. The lowest BCUT2D eigenvalue weighted by molar-refractivity contribution is 0.175. The number of allylic oxidation sites excluding steroid dienone is 1. The molecule has 0 spiro atoms. The zero-order valence-corrected chi connectivity index (χ0v) is 22.5. The summed E-state index contributed by atoms with van der Waals surface area (Å²) in [5.41, 5.74) is 4.01. The minimum atomic E-state index is -0.599. The van der Waals surface area contributed by atoms with Crippen LogP contribution in [0.3, 0.4) is 0 Å². The Morgan fingerprint density at radius 1 is 1.02 bits per heavy atom. The molecule has 1 aromatic carbocycles. The van der Waals surface area contributed by atoms with Gasteiger partial charge in [0.05, 0.1) is 18.3 Å². The van der Waals surface area contributed by atoms with Crippen LogP contribution >= 0.6 is 0 Å². The molecule has 4 aromatic rings. The first-order valence-electron chi connectivity index (χ1n) is 14.2. The number of nitrogens with one attached hydrogen (secondary N) is 1. The molecule has 3 aliphatic rings. The Labute approximate surface area is 232 Å². The average Bonchev–Trinajstić information content (AvgIpc) is 3.66. The first kappa shape index (κ1) is 25.0. The average molecular weight is 539 g/mol. The molecule has 7 rings (SSSR count). The van der Waals surface area contributed by atoms with Crippen LogP contribution in [0.15, 0.2) is 60.0 Å². The summed E-state index contributed by atoms with van der Waals surface area (Å²) in [6, 6.07) is 12.2. The van der Waals surface area contributed by atoms with E-state index in [-0.39, 0.29) is 12.1 Å². The van der Waals surface area contributed by atoms with Gasteiger partial charge in [-0.2, -0.15) is 4.98 Å². The van der Waals surface area contributed by atoms with Crippen molar-refractivity contribution in [3.63, 3.8) is 0 Å². The predicted molar refractivity (Wildman–Crippen MR) is 155 cm³/mol. The third kappa shape index (κ3) is 4.67. The Balaban J connectivity index is 1.14. The van der Waals surface area contributed by atoms with Crippen LogP contribution in [0.5, 0.6) is 0 Å². The lowest BCUT2D eigenvalue weighted by Crippen LogP contribution is -2.47. The van der Waals surface area contributed by atoms with E-state index in [0.29, 0.717) is 34.9 Å². The number of aliphatic hydroxyl groups excluding tert-OH is 1. The van der Waals surface area contributed by atoms with Crippen molar-refractivity contribution in [2.24, 2.45) is 5.92 Å². The van der Waals surface area contributed by atoms with Gasteiger partial charge in [0.15, 0.2) is 11.5 Å². The molecule has 4 heterocycles. The Kier molecular flexibility index (Phi) is 6.36. The summed E-state index contributed by atoms with van der Waals surface area (Å²) in [6.07, 6.45) is 6.88. The Morgan fingerprint density at radius 2 is 1.82 bits per heavy atom. The van der Waals surface area contributed by atoms with Crippen molar-refractivity contribution >= 4 is 28.4 Å². The maximum Gasteiger partial charge on any atom is 0.278 e. The maximum absolute atomic E-state index is 13.3. The summed E-state index contributed by atoms with van der Waals surface area (Å²) in [5, 5.41) is 14.1. The van der Waals surface area contributed by atoms with Crippen LogP contribution in [0.2, 0.25) is 0 Å². The molecule has 2 aliphatic carbocycles. The van der Waals surface area contributed by atoms with E-state index in [1.807, 2.05) is 24.3 Å². The molecular formula is C30H34N8O2. The van der Waals surface area contributed by atoms with Crippen LogP contribution < -0.4 is 15.8 Å². The van der Waals surface area contributed by atoms with Gasteiger partial charge in [0.25, 0.3) is 5.56 Å². The molecule has 206 valence electrons. The third-order valence-electron chi connectivity index (χ3n) is 8.27. The van der Waals surface area contributed by atoms with E-state index < -0.39 is 6.10 Å². The second kappa shape index (κ2) is 10.2. The van der Waals surface area contributed by atoms with Gasteiger partial charge >= 0.3 is 0 Å². The van der Waals surface area contributed by atoms with Gasteiger partial charge in [-0.25, -0.2) is 19.3 Å². The topological polar surface area (TPSA) is 104 Å². The van der Waals surface area contributed by atoms with Crippen LogP contribution in [-0.4, -0.2) is 67.0 Å². The highest BCUT2D eigenvalue weighted by Gasteiger charge is 2.27. The fraction of sp³-hybridized carbons (Fsp3) is 0.400. The highest BCUT2D eigenvalue weighted by atomic mass is 16.3. The van der Waals surface area contributed by atoms with Gasteiger partial charge in [-0.3, -0.25) is 9.69 Å². The predicted octanol–water partition coefficient (Wildman–Crippen LogP) is 3.42. The molecule has 3 aromatic heterocycles. The molecule has 0 bridgehead atoms. The minimum Gasteiger partial charge on any atom is -0.387 e. The first-order chi connectivity index (χ1) is 19.6. The van der Waals surface area contributed by atoms with Crippen molar-refractivity contribution in [3.8, 4) is 5.82 Å². The van der Waals surface area contributed by atoms with Crippen LogP contribution in [-0.2, 0) is 13.0 Å². The molecule has 1 saturated heterocycles. The summed E-state index contributed by atoms with van der Waals surface area (Å²) >= 11 is 0. The first-order valence-corrected chi connectivity index (χ1v) is 14.2.